The van der Waals surface area contributed by atoms with Gasteiger partial charge in [0.2, 0.25) is 10.0 Å². The van der Waals surface area contributed by atoms with E-state index >= 15 is 0 Å². The number of benzene rings is 2. The van der Waals surface area contributed by atoms with Crippen molar-refractivity contribution in [3.8, 4) is 5.75 Å². The molecular formula is C17H19N3O3S. The Kier molecular flexibility index (Phi) is 4.55. The van der Waals surface area contributed by atoms with Crippen LogP contribution in [0.2, 0.25) is 0 Å². The number of fused-ring (bicyclic) bond motifs is 1. The second kappa shape index (κ2) is 6.62. The lowest BCUT2D eigenvalue weighted by Crippen LogP contribution is -2.24. The first-order valence-corrected chi connectivity index (χ1v) is 9.12. The molecule has 0 saturated heterocycles. The summed E-state index contributed by atoms with van der Waals surface area (Å²) in [5.41, 5.74) is 1.81. The zero-order valence-corrected chi connectivity index (χ0v) is 14.4. The van der Waals surface area contributed by atoms with Crippen LogP contribution in [-0.2, 0) is 23.6 Å². The van der Waals surface area contributed by atoms with E-state index in [1.54, 1.807) is 12.1 Å². The maximum atomic E-state index is 12.4. The fraction of sp³-hybridized carbons (Fsp3) is 0.235. The minimum atomic E-state index is -3.60. The van der Waals surface area contributed by atoms with E-state index in [0.717, 1.165) is 11.0 Å². The number of para-hydroxylation sites is 2. The van der Waals surface area contributed by atoms with Crippen LogP contribution >= 0.6 is 0 Å². The standard InChI is InChI=1S/C17H19N3O3S/c1-3-23-13-8-10-14(11-9-13)24(21,22)18-12-17-19-15-6-4-5-7-16(15)20(17)2/h4-11,18H,3,12H2,1-2H3. The van der Waals surface area contributed by atoms with Gasteiger partial charge in [-0.05, 0) is 43.3 Å². The number of hydrogen-bond acceptors (Lipinski definition) is 4. The molecule has 1 heterocycles. The summed E-state index contributed by atoms with van der Waals surface area (Å²) in [6.45, 7) is 2.54. The summed E-state index contributed by atoms with van der Waals surface area (Å²) in [6, 6.07) is 14.0. The van der Waals surface area contributed by atoms with Crippen LogP contribution in [0.1, 0.15) is 12.7 Å². The number of sulfonamides is 1. The van der Waals surface area contributed by atoms with Crippen molar-refractivity contribution in [2.75, 3.05) is 6.61 Å². The normalized spacial score (nSPS) is 11.8. The zero-order chi connectivity index (χ0) is 17.2. The van der Waals surface area contributed by atoms with Gasteiger partial charge >= 0.3 is 0 Å². The van der Waals surface area contributed by atoms with E-state index in [2.05, 4.69) is 9.71 Å². The predicted octanol–water partition coefficient (Wildman–Crippen LogP) is 2.45. The Morgan fingerprint density at radius 2 is 1.83 bits per heavy atom. The topological polar surface area (TPSA) is 73.2 Å². The summed E-state index contributed by atoms with van der Waals surface area (Å²) < 4.78 is 34.6. The second-order valence-electron chi connectivity index (χ2n) is 5.30. The first-order valence-electron chi connectivity index (χ1n) is 7.64. The van der Waals surface area contributed by atoms with Gasteiger partial charge in [-0.25, -0.2) is 18.1 Å². The van der Waals surface area contributed by atoms with Crippen LogP contribution in [0.5, 0.6) is 5.75 Å². The van der Waals surface area contributed by atoms with Crippen molar-refractivity contribution in [2.24, 2.45) is 7.05 Å². The van der Waals surface area contributed by atoms with Gasteiger partial charge in [-0.15, -0.1) is 0 Å². The quantitative estimate of drug-likeness (QED) is 0.745. The Hall–Kier alpha value is -2.38. The van der Waals surface area contributed by atoms with Crippen LogP contribution in [-0.4, -0.2) is 24.6 Å². The molecule has 0 amide bonds. The lowest BCUT2D eigenvalue weighted by molar-refractivity contribution is 0.340. The molecule has 0 atom stereocenters. The average Bonchev–Trinajstić information content (AvgIpc) is 2.91. The minimum Gasteiger partial charge on any atom is -0.494 e. The summed E-state index contributed by atoms with van der Waals surface area (Å²) in [4.78, 5) is 4.66. The number of imidazole rings is 1. The summed E-state index contributed by atoms with van der Waals surface area (Å²) in [6.07, 6.45) is 0. The van der Waals surface area contributed by atoms with Gasteiger partial charge in [0.15, 0.2) is 0 Å². The van der Waals surface area contributed by atoms with Gasteiger partial charge in [0.1, 0.15) is 11.6 Å². The first kappa shape index (κ1) is 16.5. The van der Waals surface area contributed by atoms with E-state index in [9.17, 15) is 8.42 Å². The Morgan fingerprint density at radius 3 is 2.50 bits per heavy atom. The van der Waals surface area contributed by atoms with E-state index in [1.807, 2.05) is 42.8 Å². The van der Waals surface area contributed by atoms with Gasteiger partial charge < -0.3 is 9.30 Å². The van der Waals surface area contributed by atoms with Crippen molar-refractivity contribution >= 4 is 21.1 Å². The molecule has 7 heteroatoms. The number of nitrogens with one attached hydrogen (secondary N) is 1. The van der Waals surface area contributed by atoms with Gasteiger partial charge in [-0.1, -0.05) is 12.1 Å². The monoisotopic (exact) mass is 345 g/mol. The SMILES string of the molecule is CCOc1ccc(S(=O)(=O)NCc2nc3ccccc3n2C)cc1. The lowest BCUT2D eigenvalue weighted by Gasteiger charge is -2.08. The summed E-state index contributed by atoms with van der Waals surface area (Å²) in [5.74, 6) is 1.30. The number of aryl methyl sites for hydroxylation is 1. The van der Waals surface area contributed by atoms with E-state index < -0.39 is 10.0 Å². The minimum absolute atomic E-state index is 0.126. The Balaban J connectivity index is 1.77. The Bertz CT molecular complexity index is 947. The number of hydrogen-bond donors (Lipinski definition) is 1. The number of ether oxygens (including phenoxy) is 1. The average molecular weight is 345 g/mol. The first-order chi connectivity index (χ1) is 11.5. The third-order valence-corrected chi connectivity index (χ3v) is 5.16. The smallest absolute Gasteiger partial charge is 0.240 e. The molecule has 0 spiro atoms. The van der Waals surface area contributed by atoms with Gasteiger partial charge in [0.25, 0.3) is 0 Å². The number of nitrogens with zero attached hydrogens (tertiary/aromatic N) is 2. The number of rotatable bonds is 6. The van der Waals surface area contributed by atoms with Gasteiger partial charge in [0.05, 0.1) is 29.1 Å². The van der Waals surface area contributed by atoms with Gasteiger partial charge in [0, 0.05) is 7.05 Å². The van der Waals surface area contributed by atoms with Crippen molar-refractivity contribution in [3.63, 3.8) is 0 Å². The fourth-order valence-corrected chi connectivity index (χ4v) is 3.46. The van der Waals surface area contributed by atoms with Crippen LogP contribution < -0.4 is 9.46 Å². The Morgan fingerprint density at radius 1 is 1.12 bits per heavy atom. The lowest BCUT2D eigenvalue weighted by atomic mass is 10.3. The molecule has 24 heavy (non-hydrogen) atoms. The van der Waals surface area contributed by atoms with Crippen molar-refractivity contribution in [2.45, 2.75) is 18.4 Å². The van der Waals surface area contributed by atoms with Crippen molar-refractivity contribution in [3.05, 3.63) is 54.4 Å². The molecule has 0 radical (unpaired) electrons. The van der Waals surface area contributed by atoms with Crippen LogP contribution in [0.25, 0.3) is 11.0 Å². The molecule has 6 nitrogen and oxygen atoms in total. The summed E-state index contributed by atoms with van der Waals surface area (Å²) in [7, 11) is -1.73. The van der Waals surface area contributed by atoms with Crippen LogP contribution in [0.3, 0.4) is 0 Å². The number of aromatic nitrogens is 2. The third kappa shape index (κ3) is 3.27. The molecule has 0 unspecified atom stereocenters. The molecular weight excluding hydrogens is 326 g/mol. The van der Waals surface area contributed by atoms with Gasteiger partial charge in [-0.2, -0.15) is 0 Å². The van der Waals surface area contributed by atoms with E-state index in [4.69, 9.17) is 4.74 Å². The molecule has 0 aliphatic carbocycles. The highest BCUT2D eigenvalue weighted by Crippen LogP contribution is 2.17. The molecule has 0 aliphatic rings. The van der Waals surface area contributed by atoms with E-state index in [-0.39, 0.29) is 11.4 Å². The molecule has 3 rings (SSSR count). The predicted molar refractivity (Wildman–Crippen MR) is 92.4 cm³/mol. The largest absolute Gasteiger partial charge is 0.494 e. The van der Waals surface area contributed by atoms with E-state index in [0.29, 0.717) is 18.2 Å². The molecule has 126 valence electrons. The van der Waals surface area contributed by atoms with Crippen LogP contribution in [0.4, 0.5) is 0 Å². The summed E-state index contributed by atoms with van der Waals surface area (Å²) >= 11 is 0. The Labute approximate surface area is 141 Å². The highest BCUT2D eigenvalue weighted by atomic mass is 32.2. The molecule has 1 N–H and O–H groups in total. The molecule has 3 aromatic rings. The molecule has 0 aliphatic heterocycles. The maximum Gasteiger partial charge on any atom is 0.240 e. The van der Waals surface area contributed by atoms with Gasteiger partial charge in [-0.3, -0.25) is 0 Å². The van der Waals surface area contributed by atoms with Crippen LogP contribution in [0.15, 0.2) is 53.4 Å². The van der Waals surface area contributed by atoms with Crippen molar-refractivity contribution in [1.82, 2.24) is 14.3 Å². The third-order valence-electron chi connectivity index (χ3n) is 3.75. The second-order valence-corrected chi connectivity index (χ2v) is 7.07. The molecule has 1 aromatic heterocycles. The van der Waals surface area contributed by atoms with Crippen LogP contribution in [0, 0.1) is 0 Å². The highest BCUT2D eigenvalue weighted by Gasteiger charge is 2.16. The van der Waals surface area contributed by atoms with Crippen molar-refractivity contribution < 1.29 is 13.2 Å². The van der Waals surface area contributed by atoms with Crippen molar-refractivity contribution in [1.29, 1.82) is 0 Å². The molecule has 0 fully saturated rings. The maximum absolute atomic E-state index is 12.4. The molecule has 2 aromatic carbocycles. The molecule has 0 bridgehead atoms. The highest BCUT2D eigenvalue weighted by molar-refractivity contribution is 7.89. The van der Waals surface area contributed by atoms with E-state index in [1.165, 1.54) is 12.1 Å². The fourth-order valence-electron chi connectivity index (χ4n) is 2.48. The molecule has 0 saturated carbocycles. The summed E-state index contributed by atoms with van der Waals surface area (Å²) in [5, 5.41) is 0. The zero-order valence-electron chi connectivity index (χ0n) is 13.6.